The molecule has 0 heterocycles. The molecule has 0 saturated carbocycles. The molecule has 3 aromatic rings. The van der Waals surface area contributed by atoms with E-state index in [-0.39, 0.29) is 6.54 Å². The third-order valence-corrected chi connectivity index (χ3v) is 5.18. The molecule has 3 rings (SSSR count). The molecular formula is C26H27NO5. The van der Waals surface area contributed by atoms with Crippen molar-refractivity contribution >= 4 is 11.9 Å². The topological polar surface area (TPSA) is 76.1 Å². The first-order chi connectivity index (χ1) is 15.5. The summed E-state index contributed by atoms with van der Waals surface area (Å²) in [6.07, 6.45) is -1.05. The number of esters is 1. The number of hydrogen-bond donors (Lipinski definition) is 1. The molecule has 0 spiro atoms. The number of carbonyl (C=O) groups excluding carboxylic acids is 2. The maximum atomic E-state index is 13.0. The van der Waals surface area contributed by atoms with Gasteiger partial charge >= 0.3 is 11.9 Å². The van der Waals surface area contributed by atoms with Gasteiger partial charge in [0.15, 0.2) is 0 Å². The molecular weight excluding hydrogens is 406 g/mol. The van der Waals surface area contributed by atoms with Crippen molar-refractivity contribution in [1.29, 1.82) is 0 Å². The van der Waals surface area contributed by atoms with Crippen molar-refractivity contribution in [3.05, 3.63) is 108 Å². The number of nitrogens with zero attached hydrogens (tertiary/aromatic N) is 1. The van der Waals surface area contributed by atoms with Crippen LogP contribution in [-0.4, -0.2) is 35.3 Å². The van der Waals surface area contributed by atoms with Crippen molar-refractivity contribution in [1.82, 2.24) is 5.06 Å². The van der Waals surface area contributed by atoms with Crippen LogP contribution in [0.2, 0.25) is 0 Å². The van der Waals surface area contributed by atoms with Crippen molar-refractivity contribution in [3.63, 3.8) is 0 Å². The van der Waals surface area contributed by atoms with Gasteiger partial charge in [0.05, 0.1) is 31.4 Å². The highest BCUT2D eigenvalue weighted by Gasteiger charge is 2.40. The Morgan fingerprint density at radius 1 is 0.875 bits per heavy atom. The highest BCUT2D eigenvalue weighted by molar-refractivity contribution is 5.89. The van der Waals surface area contributed by atoms with Crippen LogP contribution in [0.3, 0.4) is 0 Å². The van der Waals surface area contributed by atoms with Gasteiger partial charge in [-0.15, -0.1) is 5.06 Å². The van der Waals surface area contributed by atoms with Crippen LogP contribution in [0.4, 0.5) is 0 Å². The molecule has 0 radical (unpaired) electrons. The minimum absolute atomic E-state index is 0.208. The SMILES string of the molecule is COC(=O)[C@H]([C@@H](C)O)[C@H](c1ccccc1)N(Cc1ccccc1)OC(=O)c1ccccc1. The van der Waals surface area contributed by atoms with E-state index in [0.717, 1.165) is 5.56 Å². The van der Waals surface area contributed by atoms with Crippen molar-refractivity contribution in [3.8, 4) is 0 Å². The van der Waals surface area contributed by atoms with E-state index in [1.54, 1.807) is 24.3 Å². The number of hydrogen-bond acceptors (Lipinski definition) is 6. The van der Waals surface area contributed by atoms with Gasteiger partial charge in [-0.25, -0.2) is 4.79 Å². The van der Waals surface area contributed by atoms with Crippen LogP contribution < -0.4 is 0 Å². The molecule has 6 heteroatoms. The van der Waals surface area contributed by atoms with Crippen molar-refractivity contribution in [2.24, 2.45) is 5.92 Å². The Morgan fingerprint density at radius 3 is 1.94 bits per heavy atom. The van der Waals surface area contributed by atoms with Crippen molar-refractivity contribution in [2.75, 3.05) is 7.11 Å². The van der Waals surface area contributed by atoms with Gasteiger partial charge in [-0.05, 0) is 30.2 Å². The molecule has 0 fully saturated rings. The summed E-state index contributed by atoms with van der Waals surface area (Å²) in [7, 11) is 1.28. The van der Waals surface area contributed by atoms with E-state index in [0.29, 0.717) is 11.1 Å². The summed E-state index contributed by atoms with van der Waals surface area (Å²) in [6.45, 7) is 1.73. The van der Waals surface area contributed by atoms with Gasteiger partial charge < -0.3 is 14.7 Å². The summed E-state index contributed by atoms with van der Waals surface area (Å²) < 4.78 is 5.00. The fourth-order valence-corrected chi connectivity index (χ4v) is 3.61. The molecule has 0 unspecified atom stereocenters. The Bertz CT molecular complexity index is 993. The average molecular weight is 434 g/mol. The minimum atomic E-state index is -1.05. The molecule has 0 aromatic heterocycles. The van der Waals surface area contributed by atoms with Gasteiger partial charge in [0.2, 0.25) is 0 Å². The Labute approximate surface area is 188 Å². The number of ether oxygens (including phenoxy) is 1. The highest BCUT2D eigenvalue weighted by atomic mass is 16.7. The molecule has 166 valence electrons. The molecule has 0 aliphatic rings. The van der Waals surface area contributed by atoms with E-state index in [1.165, 1.54) is 19.1 Å². The van der Waals surface area contributed by atoms with Crippen molar-refractivity contribution < 1.29 is 24.3 Å². The summed E-state index contributed by atoms with van der Waals surface area (Å²) in [5.41, 5.74) is 1.97. The average Bonchev–Trinajstić information content (AvgIpc) is 2.83. The molecule has 0 aliphatic heterocycles. The predicted molar refractivity (Wildman–Crippen MR) is 120 cm³/mol. The van der Waals surface area contributed by atoms with Crippen LogP contribution in [-0.2, 0) is 20.9 Å². The van der Waals surface area contributed by atoms with Crippen LogP contribution in [0, 0.1) is 5.92 Å². The monoisotopic (exact) mass is 433 g/mol. The van der Waals surface area contributed by atoms with E-state index < -0.39 is 30.0 Å². The van der Waals surface area contributed by atoms with Gasteiger partial charge in [0.25, 0.3) is 0 Å². The lowest BCUT2D eigenvalue weighted by Crippen LogP contribution is -2.43. The molecule has 0 bridgehead atoms. The number of aliphatic hydroxyl groups excluding tert-OH is 1. The van der Waals surface area contributed by atoms with Gasteiger partial charge in [-0.3, -0.25) is 4.79 Å². The number of rotatable bonds is 9. The largest absolute Gasteiger partial charge is 0.469 e. The Balaban J connectivity index is 2.06. The van der Waals surface area contributed by atoms with Crippen LogP contribution in [0.15, 0.2) is 91.0 Å². The molecule has 1 N–H and O–H groups in total. The minimum Gasteiger partial charge on any atom is -0.469 e. The molecule has 6 nitrogen and oxygen atoms in total. The van der Waals surface area contributed by atoms with Gasteiger partial charge in [0, 0.05) is 0 Å². The molecule has 0 amide bonds. The second kappa shape index (κ2) is 11.2. The number of carbonyl (C=O) groups is 2. The second-order valence-corrected chi connectivity index (χ2v) is 7.45. The third kappa shape index (κ3) is 5.81. The van der Waals surface area contributed by atoms with E-state index in [9.17, 15) is 14.7 Å². The van der Waals surface area contributed by atoms with Gasteiger partial charge in [-0.2, -0.15) is 0 Å². The summed E-state index contributed by atoms with van der Waals surface area (Å²) in [6, 6.07) is 26.5. The molecule has 3 aromatic carbocycles. The van der Waals surface area contributed by atoms with E-state index in [1.807, 2.05) is 66.7 Å². The van der Waals surface area contributed by atoms with Gasteiger partial charge in [0.1, 0.15) is 5.92 Å². The standard InChI is InChI=1S/C26H27NO5/c1-19(28)23(26(30)31-2)24(21-14-8-4-9-15-21)27(18-20-12-6-3-7-13-20)32-25(29)22-16-10-5-11-17-22/h3-17,19,23-24,28H,18H2,1-2H3/t19-,23-,24+/m1/s1. The quantitative estimate of drug-likeness (QED) is 0.403. The summed E-state index contributed by atoms with van der Waals surface area (Å²) in [5, 5.41) is 12.0. The molecule has 3 atom stereocenters. The van der Waals surface area contributed by atoms with E-state index >= 15 is 0 Å². The maximum absolute atomic E-state index is 13.0. The molecule has 0 aliphatic carbocycles. The van der Waals surface area contributed by atoms with E-state index in [4.69, 9.17) is 9.57 Å². The first kappa shape index (κ1) is 23.2. The zero-order valence-corrected chi connectivity index (χ0v) is 18.1. The summed E-state index contributed by atoms with van der Waals surface area (Å²) in [4.78, 5) is 31.6. The lowest BCUT2D eigenvalue weighted by atomic mass is 9.88. The van der Waals surface area contributed by atoms with Gasteiger partial charge in [-0.1, -0.05) is 78.9 Å². The maximum Gasteiger partial charge on any atom is 0.357 e. The normalized spacial score (nSPS) is 13.8. The molecule has 32 heavy (non-hydrogen) atoms. The number of methoxy groups -OCH3 is 1. The molecule has 0 saturated heterocycles. The first-order valence-corrected chi connectivity index (χ1v) is 10.4. The fourth-order valence-electron chi connectivity index (χ4n) is 3.61. The van der Waals surface area contributed by atoms with Crippen LogP contribution in [0.1, 0.15) is 34.5 Å². The Morgan fingerprint density at radius 2 is 1.41 bits per heavy atom. The highest BCUT2D eigenvalue weighted by Crippen LogP contribution is 2.34. The smallest absolute Gasteiger partial charge is 0.357 e. The summed E-state index contributed by atoms with van der Waals surface area (Å²) in [5.74, 6) is -2.14. The zero-order valence-electron chi connectivity index (χ0n) is 18.1. The fraction of sp³-hybridized carbons (Fsp3) is 0.231. The number of hydroxylamine groups is 2. The lowest BCUT2D eigenvalue weighted by molar-refractivity contribution is -0.184. The predicted octanol–water partition coefficient (Wildman–Crippen LogP) is 4.17. The lowest BCUT2D eigenvalue weighted by Gasteiger charge is -2.35. The third-order valence-electron chi connectivity index (χ3n) is 5.18. The first-order valence-electron chi connectivity index (χ1n) is 10.4. The second-order valence-electron chi connectivity index (χ2n) is 7.45. The van der Waals surface area contributed by atoms with E-state index in [2.05, 4.69) is 0 Å². The van der Waals surface area contributed by atoms with Crippen LogP contribution >= 0.6 is 0 Å². The van der Waals surface area contributed by atoms with Crippen LogP contribution in [0.5, 0.6) is 0 Å². The number of aliphatic hydroxyl groups is 1. The summed E-state index contributed by atoms with van der Waals surface area (Å²) >= 11 is 0. The Hall–Kier alpha value is -3.48. The van der Waals surface area contributed by atoms with Crippen molar-refractivity contribution in [2.45, 2.75) is 25.6 Å². The zero-order chi connectivity index (χ0) is 22.9. The Kier molecular flexibility index (Phi) is 8.14. The van der Waals surface area contributed by atoms with Crippen LogP contribution in [0.25, 0.3) is 0 Å². The number of benzene rings is 3.